The van der Waals surface area contributed by atoms with Crippen LogP contribution >= 0.6 is 0 Å². The number of rotatable bonds is 1. The second kappa shape index (κ2) is 5.48. The molecule has 4 rings (SSSR count). The second-order valence-corrected chi connectivity index (χ2v) is 9.73. The Hall–Kier alpha value is -0.610. The molecule has 0 aromatic heterocycles. The summed E-state index contributed by atoms with van der Waals surface area (Å²) < 4.78 is 25.5. The molecule has 0 radical (unpaired) electrons. The first-order valence-electron chi connectivity index (χ1n) is 8.87. The number of allylic oxidation sites excluding steroid dienone is 4. The van der Waals surface area contributed by atoms with E-state index in [-0.39, 0.29) is 0 Å². The van der Waals surface area contributed by atoms with E-state index in [9.17, 15) is 8.42 Å². The summed E-state index contributed by atoms with van der Waals surface area (Å²) in [6, 6.07) is 0. The molecule has 2 saturated carbocycles. The largest absolute Gasteiger partial charge is 0.213 e. The van der Waals surface area contributed by atoms with Gasteiger partial charge in [-0.3, -0.25) is 0 Å². The number of nitrogens with zero attached hydrogens (tertiary/aromatic N) is 1. The van der Waals surface area contributed by atoms with E-state index in [1.54, 1.807) is 9.88 Å². The molecule has 1 aliphatic heterocycles. The smallest absolute Gasteiger partial charge is 0.211 e. The number of fused-ring (bicyclic) bond motifs is 5. The summed E-state index contributed by atoms with van der Waals surface area (Å²) in [5, 5.41) is 0. The lowest BCUT2D eigenvalue weighted by Crippen LogP contribution is -2.39. The molecule has 4 heteroatoms. The molecule has 0 spiro atoms. The molecule has 122 valence electrons. The minimum absolute atomic E-state index is 0.719. The Bertz CT molecular complexity index is 607. The standard InChI is InChI=1S/C18H27NO2S/c1-22(20,21)19-11-9-14-6-8-17-15-4-2-3-13(15)5-7-18(17)16(14)10-12-19/h2-4,13-14,16-18H,5-12H2,1H3. The third kappa shape index (κ3) is 2.48. The van der Waals surface area contributed by atoms with Crippen LogP contribution in [0.3, 0.4) is 0 Å². The summed E-state index contributed by atoms with van der Waals surface area (Å²) in [5.41, 5.74) is 1.69. The highest BCUT2D eigenvalue weighted by molar-refractivity contribution is 7.88. The Morgan fingerprint density at radius 3 is 2.64 bits per heavy atom. The second-order valence-electron chi connectivity index (χ2n) is 7.75. The fourth-order valence-electron chi connectivity index (χ4n) is 5.72. The van der Waals surface area contributed by atoms with Crippen LogP contribution in [0.1, 0.15) is 38.5 Å². The predicted octanol–water partition coefficient (Wildman–Crippen LogP) is 3.21. The van der Waals surface area contributed by atoms with Crippen LogP contribution < -0.4 is 0 Å². The van der Waals surface area contributed by atoms with Crippen molar-refractivity contribution in [1.82, 2.24) is 4.31 Å². The quantitative estimate of drug-likeness (QED) is 0.744. The van der Waals surface area contributed by atoms with Crippen LogP contribution in [0.15, 0.2) is 23.8 Å². The molecule has 1 heterocycles. The van der Waals surface area contributed by atoms with E-state index in [4.69, 9.17) is 0 Å². The molecule has 22 heavy (non-hydrogen) atoms. The zero-order valence-electron chi connectivity index (χ0n) is 13.4. The number of hydrogen-bond donors (Lipinski definition) is 0. The lowest BCUT2D eigenvalue weighted by molar-refractivity contribution is 0.0738. The van der Waals surface area contributed by atoms with Gasteiger partial charge < -0.3 is 0 Å². The highest BCUT2D eigenvalue weighted by atomic mass is 32.2. The lowest BCUT2D eigenvalue weighted by atomic mass is 9.57. The first-order chi connectivity index (χ1) is 10.5. The van der Waals surface area contributed by atoms with E-state index < -0.39 is 10.0 Å². The van der Waals surface area contributed by atoms with Gasteiger partial charge in [-0.05, 0) is 68.1 Å². The maximum Gasteiger partial charge on any atom is 0.211 e. The van der Waals surface area contributed by atoms with Gasteiger partial charge in [0.1, 0.15) is 0 Å². The van der Waals surface area contributed by atoms with Gasteiger partial charge in [0.25, 0.3) is 0 Å². The highest BCUT2D eigenvalue weighted by Crippen LogP contribution is 2.53. The van der Waals surface area contributed by atoms with Crippen molar-refractivity contribution in [3.8, 4) is 0 Å². The van der Waals surface area contributed by atoms with E-state index in [1.807, 2.05) is 0 Å². The third-order valence-electron chi connectivity index (χ3n) is 6.75. The van der Waals surface area contributed by atoms with Gasteiger partial charge in [0.15, 0.2) is 0 Å². The SMILES string of the molecule is CS(=O)(=O)N1CCC2CCC3C4=CC=CC4CCC3C2CC1. The molecule has 0 aromatic carbocycles. The Kier molecular flexibility index (Phi) is 3.73. The van der Waals surface area contributed by atoms with Gasteiger partial charge in [0, 0.05) is 13.1 Å². The molecule has 3 fully saturated rings. The normalized spacial score (nSPS) is 42.0. The Morgan fingerprint density at radius 1 is 1.00 bits per heavy atom. The molecule has 5 unspecified atom stereocenters. The zero-order valence-corrected chi connectivity index (χ0v) is 14.3. The summed E-state index contributed by atoms with van der Waals surface area (Å²) in [4.78, 5) is 0. The minimum atomic E-state index is -3.02. The number of hydrogen-bond acceptors (Lipinski definition) is 2. The van der Waals surface area contributed by atoms with Crippen LogP contribution in [0.2, 0.25) is 0 Å². The molecule has 0 amide bonds. The highest BCUT2D eigenvalue weighted by Gasteiger charge is 2.45. The fourth-order valence-corrected chi connectivity index (χ4v) is 6.60. The van der Waals surface area contributed by atoms with Crippen molar-refractivity contribution in [2.24, 2.45) is 29.6 Å². The van der Waals surface area contributed by atoms with Crippen LogP contribution in [0.25, 0.3) is 0 Å². The zero-order chi connectivity index (χ0) is 15.3. The van der Waals surface area contributed by atoms with Gasteiger partial charge in [0.2, 0.25) is 10.0 Å². The van der Waals surface area contributed by atoms with Crippen molar-refractivity contribution in [2.75, 3.05) is 19.3 Å². The summed E-state index contributed by atoms with van der Waals surface area (Å²) in [5.74, 6) is 3.80. The van der Waals surface area contributed by atoms with Gasteiger partial charge in [-0.2, -0.15) is 0 Å². The maximum absolute atomic E-state index is 11.9. The van der Waals surface area contributed by atoms with Crippen molar-refractivity contribution in [3.05, 3.63) is 23.8 Å². The molecule has 3 aliphatic carbocycles. The molecule has 0 N–H and O–H groups in total. The topological polar surface area (TPSA) is 37.4 Å². The van der Waals surface area contributed by atoms with Crippen molar-refractivity contribution < 1.29 is 8.42 Å². The van der Waals surface area contributed by atoms with Crippen molar-refractivity contribution in [2.45, 2.75) is 38.5 Å². The van der Waals surface area contributed by atoms with E-state index in [0.717, 1.165) is 55.5 Å². The first-order valence-corrected chi connectivity index (χ1v) is 10.7. The van der Waals surface area contributed by atoms with Crippen LogP contribution in [0, 0.1) is 29.6 Å². The summed E-state index contributed by atoms with van der Waals surface area (Å²) in [6.45, 7) is 1.48. The molecule has 5 atom stereocenters. The van der Waals surface area contributed by atoms with Crippen molar-refractivity contribution >= 4 is 10.0 Å². The van der Waals surface area contributed by atoms with Gasteiger partial charge in [-0.1, -0.05) is 23.8 Å². The monoisotopic (exact) mass is 321 g/mol. The van der Waals surface area contributed by atoms with Crippen LogP contribution in [0.5, 0.6) is 0 Å². The summed E-state index contributed by atoms with van der Waals surface area (Å²) in [6.07, 6.45) is 15.8. The number of sulfonamides is 1. The molecular weight excluding hydrogens is 294 g/mol. The van der Waals surface area contributed by atoms with Crippen molar-refractivity contribution in [1.29, 1.82) is 0 Å². The van der Waals surface area contributed by atoms with E-state index >= 15 is 0 Å². The lowest BCUT2D eigenvalue weighted by Gasteiger charge is -2.47. The van der Waals surface area contributed by atoms with Crippen molar-refractivity contribution in [3.63, 3.8) is 0 Å². The Labute approximate surface area is 134 Å². The van der Waals surface area contributed by atoms with Crippen LogP contribution in [-0.2, 0) is 10.0 Å². The van der Waals surface area contributed by atoms with Gasteiger partial charge in [-0.15, -0.1) is 0 Å². The molecule has 0 aromatic rings. The third-order valence-corrected chi connectivity index (χ3v) is 8.05. The molecule has 1 saturated heterocycles. The Morgan fingerprint density at radius 2 is 1.82 bits per heavy atom. The molecular formula is C18H27NO2S. The van der Waals surface area contributed by atoms with Gasteiger partial charge in [-0.25, -0.2) is 12.7 Å². The predicted molar refractivity (Wildman–Crippen MR) is 88.8 cm³/mol. The average Bonchev–Trinajstić information content (AvgIpc) is 2.84. The maximum atomic E-state index is 11.9. The minimum Gasteiger partial charge on any atom is -0.213 e. The van der Waals surface area contributed by atoms with Crippen LogP contribution in [-0.4, -0.2) is 32.1 Å². The molecule has 0 bridgehead atoms. The van der Waals surface area contributed by atoms with Crippen LogP contribution in [0.4, 0.5) is 0 Å². The van der Waals surface area contributed by atoms with Gasteiger partial charge >= 0.3 is 0 Å². The van der Waals surface area contributed by atoms with E-state index in [2.05, 4.69) is 18.2 Å². The average molecular weight is 321 g/mol. The molecule has 4 aliphatic rings. The Balaban J connectivity index is 1.54. The molecule has 3 nitrogen and oxygen atoms in total. The van der Waals surface area contributed by atoms with E-state index in [0.29, 0.717) is 0 Å². The van der Waals surface area contributed by atoms with E-state index in [1.165, 1.54) is 31.9 Å². The fraction of sp³-hybridized carbons (Fsp3) is 0.778. The summed E-state index contributed by atoms with van der Waals surface area (Å²) in [7, 11) is -3.02. The first kappa shape index (κ1) is 14.9. The summed E-state index contributed by atoms with van der Waals surface area (Å²) >= 11 is 0. The van der Waals surface area contributed by atoms with Gasteiger partial charge in [0.05, 0.1) is 6.26 Å².